The maximum atomic E-state index is 6.16. The molecule has 0 unspecified atom stereocenters. The van der Waals surface area contributed by atoms with Crippen LogP contribution < -0.4 is 4.90 Å². The molecule has 2 aromatic heterocycles. The van der Waals surface area contributed by atoms with E-state index in [1.807, 2.05) is 36.4 Å². The summed E-state index contributed by atoms with van der Waals surface area (Å²) in [5.74, 6) is 0.635. The molecule has 9 rings (SSSR count). The van der Waals surface area contributed by atoms with Crippen LogP contribution in [0.4, 0.5) is 17.1 Å². The Hall–Kier alpha value is -6.13. The van der Waals surface area contributed by atoms with Gasteiger partial charge in [0.2, 0.25) is 5.89 Å². The van der Waals surface area contributed by atoms with Gasteiger partial charge in [0.15, 0.2) is 5.58 Å². The minimum atomic E-state index is 0.635. The van der Waals surface area contributed by atoms with Crippen LogP contribution in [0.5, 0.6) is 0 Å². The molecule has 9 aromatic rings. The lowest BCUT2D eigenvalue weighted by atomic mass is 10.1. The van der Waals surface area contributed by atoms with E-state index in [1.54, 1.807) is 0 Å². The summed E-state index contributed by atoms with van der Waals surface area (Å²) in [7, 11) is 0. The second-order valence-corrected chi connectivity index (χ2v) is 11.3. The number of fused-ring (bicyclic) bond motifs is 6. The van der Waals surface area contributed by atoms with Gasteiger partial charge in [-0.2, -0.15) is 0 Å². The summed E-state index contributed by atoms with van der Waals surface area (Å²) in [4.78, 5) is 7.24. The van der Waals surface area contributed by atoms with Crippen LogP contribution in [0.2, 0.25) is 0 Å². The number of rotatable bonds is 5. The highest BCUT2D eigenvalue weighted by atomic mass is 16.3. The zero-order valence-electron chi connectivity index (χ0n) is 24.3. The van der Waals surface area contributed by atoms with Gasteiger partial charge >= 0.3 is 0 Å². The Kier molecular flexibility index (Phi) is 5.78. The first-order chi connectivity index (χ1) is 22.3. The van der Waals surface area contributed by atoms with Crippen molar-refractivity contribution in [3.05, 3.63) is 164 Å². The average Bonchev–Trinajstić information content (AvgIpc) is 3.69. The van der Waals surface area contributed by atoms with Gasteiger partial charge in [0, 0.05) is 44.5 Å². The maximum Gasteiger partial charge on any atom is 0.227 e. The Bertz CT molecular complexity index is 2480. The SMILES string of the molecule is c1ccc(-c2nc3c(ccc4cc(N(c5ccccc5)c5ccc6c(c5)c5ccccc5n6-c5ccccc5)ccc43)o2)cc1. The predicted octanol–water partition coefficient (Wildman–Crippen LogP) is 11.2. The van der Waals surface area contributed by atoms with Gasteiger partial charge in [-0.05, 0) is 90.3 Å². The molecule has 0 bridgehead atoms. The van der Waals surface area contributed by atoms with Crippen LogP contribution in [0.1, 0.15) is 0 Å². The second-order valence-electron chi connectivity index (χ2n) is 11.3. The molecule has 4 nitrogen and oxygen atoms in total. The first-order valence-electron chi connectivity index (χ1n) is 15.1. The van der Waals surface area contributed by atoms with Crippen molar-refractivity contribution < 1.29 is 4.42 Å². The minimum Gasteiger partial charge on any atom is -0.436 e. The summed E-state index contributed by atoms with van der Waals surface area (Å²) < 4.78 is 8.52. The van der Waals surface area contributed by atoms with Gasteiger partial charge in [-0.1, -0.05) is 78.9 Å². The van der Waals surface area contributed by atoms with Gasteiger partial charge in [-0.25, -0.2) is 4.98 Å². The molecule has 212 valence electrons. The third kappa shape index (κ3) is 4.19. The van der Waals surface area contributed by atoms with Gasteiger partial charge in [0.1, 0.15) is 5.52 Å². The van der Waals surface area contributed by atoms with Gasteiger partial charge in [-0.3, -0.25) is 0 Å². The molecule has 0 N–H and O–H groups in total. The lowest BCUT2D eigenvalue weighted by Gasteiger charge is -2.26. The van der Waals surface area contributed by atoms with Crippen LogP contribution in [-0.4, -0.2) is 9.55 Å². The zero-order chi connectivity index (χ0) is 29.7. The van der Waals surface area contributed by atoms with E-state index in [0.29, 0.717) is 5.89 Å². The Morgan fingerprint density at radius 1 is 0.489 bits per heavy atom. The van der Waals surface area contributed by atoms with Gasteiger partial charge in [-0.15, -0.1) is 0 Å². The van der Waals surface area contributed by atoms with E-state index in [4.69, 9.17) is 9.40 Å². The van der Waals surface area contributed by atoms with E-state index in [-0.39, 0.29) is 0 Å². The van der Waals surface area contributed by atoms with Gasteiger partial charge in [0.05, 0.1) is 11.0 Å². The van der Waals surface area contributed by atoms with Crippen LogP contribution in [0.15, 0.2) is 168 Å². The summed E-state index contributed by atoms with van der Waals surface area (Å²) in [5, 5.41) is 4.62. The maximum absolute atomic E-state index is 6.16. The molecule has 0 amide bonds. The number of oxazole rings is 1. The number of benzene rings is 7. The molecule has 0 saturated heterocycles. The van der Waals surface area contributed by atoms with E-state index in [9.17, 15) is 0 Å². The molecule has 0 aliphatic rings. The molecule has 2 heterocycles. The first kappa shape index (κ1) is 25.4. The molecule has 0 aliphatic heterocycles. The van der Waals surface area contributed by atoms with Crippen LogP contribution in [-0.2, 0) is 0 Å². The van der Waals surface area contributed by atoms with Gasteiger partial charge < -0.3 is 13.9 Å². The molecule has 0 fully saturated rings. The van der Waals surface area contributed by atoms with E-state index < -0.39 is 0 Å². The van der Waals surface area contributed by atoms with Crippen molar-refractivity contribution in [1.29, 1.82) is 0 Å². The fourth-order valence-electron chi connectivity index (χ4n) is 6.53. The Balaban J connectivity index is 1.22. The normalized spacial score (nSPS) is 11.6. The third-order valence-corrected chi connectivity index (χ3v) is 8.58. The molecule has 0 saturated carbocycles. The van der Waals surface area contributed by atoms with Crippen LogP contribution in [0, 0.1) is 0 Å². The zero-order valence-corrected chi connectivity index (χ0v) is 24.3. The summed E-state index contributed by atoms with van der Waals surface area (Å²) >= 11 is 0. The topological polar surface area (TPSA) is 34.2 Å². The quantitative estimate of drug-likeness (QED) is 0.204. The second kappa shape index (κ2) is 10.2. The van der Waals surface area contributed by atoms with Crippen molar-refractivity contribution in [3.63, 3.8) is 0 Å². The van der Waals surface area contributed by atoms with E-state index in [1.165, 1.54) is 21.8 Å². The van der Waals surface area contributed by atoms with E-state index in [0.717, 1.165) is 50.2 Å². The van der Waals surface area contributed by atoms with Crippen molar-refractivity contribution in [2.45, 2.75) is 0 Å². The number of nitrogens with zero attached hydrogens (tertiary/aromatic N) is 3. The molecule has 0 atom stereocenters. The molecule has 7 aromatic carbocycles. The number of para-hydroxylation sites is 3. The Labute approximate surface area is 260 Å². The summed E-state index contributed by atoms with van der Waals surface area (Å²) in [5.41, 5.74) is 9.42. The standard InChI is InChI=1S/C41H27N3O/c1-4-12-28(13-5-1)41-42-40-34-23-21-32(26-29(34)20-25-39(40)45-41)43(30-14-6-2-7-15-30)33-22-24-38-36(27-33)35-18-10-11-19-37(35)44(38)31-16-8-3-9-17-31/h1-27H. The van der Waals surface area contributed by atoms with Crippen LogP contribution >= 0.6 is 0 Å². The van der Waals surface area contributed by atoms with Crippen molar-refractivity contribution >= 4 is 60.7 Å². The molecule has 0 radical (unpaired) electrons. The van der Waals surface area contributed by atoms with Crippen molar-refractivity contribution in [2.75, 3.05) is 4.90 Å². The Morgan fingerprint density at radius 3 is 1.98 bits per heavy atom. The largest absolute Gasteiger partial charge is 0.436 e. The highest BCUT2D eigenvalue weighted by molar-refractivity contribution is 6.11. The molecule has 0 aliphatic carbocycles. The van der Waals surface area contributed by atoms with Crippen molar-refractivity contribution in [2.24, 2.45) is 0 Å². The molecule has 45 heavy (non-hydrogen) atoms. The smallest absolute Gasteiger partial charge is 0.227 e. The summed E-state index contributed by atoms with van der Waals surface area (Å²) in [6.07, 6.45) is 0. The van der Waals surface area contributed by atoms with Crippen LogP contribution in [0.3, 0.4) is 0 Å². The van der Waals surface area contributed by atoms with E-state index >= 15 is 0 Å². The third-order valence-electron chi connectivity index (χ3n) is 8.58. The Morgan fingerprint density at radius 2 is 1.16 bits per heavy atom. The predicted molar refractivity (Wildman–Crippen MR) is 186 cm³/mol. The number of aromatic nitrogens is 2. The highest BCUT2D eigenvalue weighted by Gasteiger charge is 2.18. The monoisotopic (exact) mass is 577 g/mol. The molecule has 0 spiro atoms. The fourth-order valence-corrected chi connectivity index (χ4v) is 6.53. The van der Waals surface area contributed by atoms with E-state index in [2.05, 4.69) is 137 Å². The minimum absolute atomic E-state index is 0.635. The summed E-state index contributed by atoms with van der Waals surface area (Å²) in [6.45, 7) is 0. The van der Waals surface area contributed by atoms with Crippen LogP contribution in [0.25, 0.3) is 60.8 Å². The van der Waals surface area contributed by atoms with Gasteiger partial charge in [0.25, 0.3) is 0 Å². The van der Waals surface area contributed by atoms with Crippen molar-refractivity contribution in [3.8, 4) is 17.1 Å². The fraction of sp³-hybridized carbons (Fsp3) is 0. The lowest BCUT2D eigenvalue weighted by molar-refractivity contribution is 0.620. The highest BCUT2D eigenvalue weighted by Crippen LogP contribution is 2.41. The average molecular weight is 578 g/mol. The lowest BCUT2D eigenvalue weighted by Crippen LogP contribution is -2.09. The molecule has 4 heteroatoms. The first-order valence-corrected chi connectivity index (χ1v) is 15.1. The summed E-state index contributed by atoms with van der Waals surface area (Å²) in [6, 6.07) is 57.4. The number of hydrogen-bond acceptors (Lipinski definition) is 3. The number of anilines is 3. The molecular weight excluding hydrogens is 550 g/mol. The van der Waals surface area contributed by atoms with Crippen molar-refractivity contribution in [1.82, 2.24) is 9.55 Å². The number of hydrogen-bond donors (Lipinski definition) is 0. The molecular formula is C41H27N3O.